The number of imide groups is 1. The van der Waals surface area contributed by atoms with Crippen LogP contribution in [0.25, 0.3) is 0 Å². The van der Waals surface area contributed by atoms with Crippen molar-refractivity contribution >= 4 is 17.5 Å². The fourth-order valence-corrected chi connectivity index (χ4v) is 3.93. The standard InChI is InChI=1S/C22H25N3O3/c1-28-18-7-4-6-17(16-18)24-14-12-23(13-15-24)10-5-11-25-21(26)19-8-2-3-9-20(19)22(25)27/h2-4,6-9,16H,5,10-15H2,1H3. The monoisotopic (exact) mass is 379 g/mol. The van der Waals surface area contributed by atoms with E-state index in [1.165, 1.54) is 10.6 Å². The average Bonchev–Trinajstić information content (AvgIpc) is 2.99. The number of nitrogens with zero attached hydrogens (tertiary/aromatic N) is 3. The van der Waals surface area contributed by atoms with Gasteiger partial charge in [0.1, 0.15) is 5.75 Å². The first-order chi connectivity index (χ1) is 13.7. The number of amides is 2. The summed E-state index contributed by atoms with van der Waals surface area (Å²) in [6.07, 6.45) is 0.796. The fraction of sp³-hybridized carbons (Fsp3) is 0.364. The number of benzene rings is 2. The van der Waals surface area contributed by atoms with Gasteiger partial charge in [-0.05, 0) is 37.2 Å². The summed E-state index contributed by atoms with van der Waals surface area (Å²) in [5.74, 6) is 0.549. The van der Waals surface area contributed by atoms with E-state index < -0.39 is 0 Å². The number of fused-ring (bicyclic) bond motifs is 1. The maximum Gasteiger partial charge on any atom is 0.261 e. The van der Waals surface area contributed by atoms with E-state index in [-0.39, 0.29) is 11.8 Å². The van der Waals surface area contributed by atoms with Gasteiger partial charge in [0.05, 0.1) is 18.2 Å². The zero-order valence-electron chi connectivity index (χ0n) is 16.1. The molecule has 0 aromatic heterocycles. The largest absolute Gasteiger partial charge is 0.497 e. The number of piperazine rings is 1. The molecule has 0 bridgehead atoms. The molecule has 6 heteroatoms. The molecule has 28 heavy (non-hydrogen) atoms. The molecule has 2 aromatic rings. The Labute approximate surface area is 165 Å². The second kappa shape index (κ2) is 8.02. The number of anilines is 1. The van der Waals surface area contributed by atoms with Gasteiger partial charge in [0.15, 0.2) is 0 Å². The van der Waals surface area contributed by atoms with Crippen LogP contribution in [0.4, 0.5) is 5.69 Å². The number of rotatable bonds is 6. The van der Waals surface area contributed by atoms with Crippen molar-refractivity contribution in [2.24, 2.45) is 0 Å². The van der Waals surface area contributed by atoms with Crippen molar-refractivity contribution in [3.05, 3.63) is 59.7 Å². The zero-order valence-corrected chi connectivity index (χ0v) is 16.1. The molecule has 0 radical (unpaired) electrons. The number of carbonyl (C=O) groups is 2. The molecule has 6 nitrogen and oxygen atoms in total. The van der Waals surface area contributed by atoms with Crippen molar-refractivity contribution in [2.45, 2.75) is 6.42 Å². The van der Waals surface area contributed by atoms with Crippen molar-refractivity contribution in [1.29, 1.82) is 0 Å². The maximum absolute atomic E-state index is 12.4. The van der Waals surface area contributed by atoms with E-state index in [0.717, 1.165) is 44.9 Å². The van der Waals surface area contributed by atoms with Crippen LogP contribution in [0, 0.1) is 0 Å². The van der Waals surface area contributed by atoms with Crippen LogP contribution in [-0.2, 0) is 0 Å². The Morgan fingerprint density at radius 1 is 0.857 bits per heavy atom. The molecule has 0 unspecified atom stereocenters. The summed E-state index contributed by atoms with van der Waals surface area (Å²) in [6.45, 7) is 5.22. The van der Waals surface area contributed by atoms with Crippen molar-refractivity contribution < 1.29 is 14.3 Å². The Morgan fingerprint density at radius 2 is 1.54 bits per heavy atom. The number of methoxy groups -OCH3 is 1. The molecular formula is C22H25N3O3. The van der Waals surface area contributed by atoms with Gasteiger partial charge in [-0.3, -0.25) is 19.4 Å². The van der Waals surface area contributed by atoms with Gasteiger partial charge < -0.3 is 9.64 Å². The van der Waals surface area contributed by atoms with E-state index in [4.69, 9.17) is 4.74 Å². The Balaban J connectivity index is 1.25. The van der Waals surface area contributed by atoms with Gasteiger partial charge in [0, 0.05) is 44.5 Å². The van der Waals surface area contributed by atoms with E-state index >= 15 is 0 Å². The highest BCUT2D eigenvalue weighted by molar-refractivity contribution is 6.21. The second-order valence-electron chi connectivity index (χ2n) is 7.19. The number of carbonyl (C=O) groups excluding carboxylic acids is 2. The highest BCUT2D eigenvalue weighted by atomic mass is 16.5. The van der Waals surface area contributed by atoms with Gasteiger partial charge in [-0.15, -0.1) is 0 Å². The predicted octanol–water partition coefficient (Wildman–Crippen LogP) is 2.50. The average molecular weight is 379 g/mol. The first-order valence-electron chi connectivity index (χ1n) is 9.74. The highest BCUT2D eigenvalue weighted by Gasteiger charge is 2.34. The third-order valence-corrected chi connectivity index (χ3v) is 5.53. The SMILES string of the molecule is COc1cccc(N2CCN(CCCN3C(=O)c4ccccc4C3=O)CC2)c1. The first-order valence-corrected chi connectivity index (χ1v) is 9.74. The molecule has 2 aliphatic heterocycles. The summed E-state index contributed by atoms with van der Waals surface area (Å²) in [7, 11) is 1.69. The third-order valence-electron chi connectivity index (χ3n) is 5.53. The second-order valence-corrected chi connectivity index (χ2v) is 7.19. The molecule has 0 spiro atoms. The summed E-state index contributed by atoms with van der Waals surface area (Å²) >= 11 is 0. The smallest absolute Gasteiger partial charge is 0.261 e. The molecule has 1 saturated heterocycles. The Hall–Kier alpha value is -2.86. The molecule has 4 rings (SSSR count). The lowest BCUT2D eigenvalue weighted by Crippen LogP contribution is -2.47. The normalized spacial score (nSPS) is 17.2. The molecule has 2 aliphatic rings. The molecular weight excluding hydrogens is 354 g/mol. The molecule has 0 atom stereocenters. The molecule has 2 heterocycles. The van der Waals surface area contributed by atoms with Crippen molar-refractivity contribution in [2.75, 3.05) is 51.3 Å². The van der Waals surface area contributed by atoms with E-state index in [2.05, 4.69) is 21.9 Å². The minimum absolute atomic E-state index is 0.163. The summed E-state index contributed by atoms with van der Waals surface area (Å²) in [6, 6.07) is 15.2. The summed E-state index contributed by atoms with van der Waals surface area (Å²) in [5, 5.41) is 0. The van der Waals surface area contributed by atoms with Crippen LogP contribution in [0.2, 0.25) is 0 Å². The van der Waals surface area contributed by atoms with Crippen LogP contribution in [-0.4, -0.2) is 68.0 Å². The Bertz CT molecular complexity index is 840. The Kier molecular flexibility index (Phi) is 5.30. The molecule has 0 N–H and O–H groups in total. The highest BCUT2D eigenvalue weighted by Crippen LogP contribution is 2.23. The maximum atomic E-state index is 12.4. The number of hydrogen-bond donors (Lipinski definition) is 0. The Morgan fingerprint density at radius 3 is 2.18 bits per heavy atom. The topological polar surface area (TPSA) is 53.1 Å². The van der Waals surface area contributed by atoms with E-state index in [1.54, 1.807) is 31.4 Å². The lowest BCUT2D eigenvalue weighted by molar-refractivity contribution is 0.0647. The van der Waals surface area contributed by atoms with Crippen LogP contribution in [0.5, 0.6) is 5.75 Å². The van der Waals surface area contributed by atoms with Crippen LogP contribution in [0.15, 0.2) is 48.5 Å². The minimum Gasteiger partial charge on any atom is -0.497 e. The van der Waals surface area contributed by atoms with Crippen LogP contribution >= 0.6 is 0 Å². The summed E-state index contributed by atoms with van der Waals surface area (Å²) in [5.41, 5.74) is 2.24. The van der Waals surface area contributed by atoms with Crippen LogP contribution < -0.4 is 9.64 Å². The van der Waals surface area contributed by atoms with E-state index in [1.807, 2.05) is 12.1 Å². The summed E-state index contributed by atoms with van der Waals surface area (Å²) < 4.78 is 5.31. The van der Waals surface area contributed by atoms with Crippen molar-refractivity contribution in [3.8, 4) is 5.75 Å². The van der Waals surface area contributed by atoms with Crippen molar-refractivity contribution in [3.63, 3.8) is 0 Å². The zero-order chi connectivity index (χ0) is 19.5. The van der Waals surface area contributed by atoms with Gasteiger partial charge in [0.2, 0.25) is 0 Å². The van der Waals surface area contributed by atoms with Gasteiger partial charge >= 0.3 is 0 Å². The lowest BCUT2D eigenvalue weighted by atomic mass is 10.1. The minimum atomic E-state index is -0.163. The van der Waals surface area contributed by atoms with E-state index in [9.17, 15) is 9.59 Å². The number of hydrogen-bond acceptors (Lipinski definition) is 5. The third kappa shape index (κ3) is 3.60. The summed E-state index contributed by atoms with van der Waals surface area (Å²) in [4.78, 5) is 31.0. The molecule has 0 aliphatic carbocycles. The lowest BCUT2D eigenvalue weighted by Gasteiger charge is -2.36. The van der Waals surface area contributed by atoms with Crippen LogP contribution in [0.1, 0.15) is 27.1 Å². The fourth-order valence-electron chi connectivity index (χ4n) is 3.93. The molecule has 146 valence electrons. The van der Waals surface area contributed by atoms with Gasteiger partial charge in [0.25, 0.3) is 11.8 Å². The van der Waals surface area contributed by atoms with E-state index in [0.29, 0.717) is 17.7 Å². The van der Waals surface area contributed by atoms with Gasteiger partial charge in [-0.25, -0.2) is 0 Å². The molecule has 2 amide bonds. The number of ether oxygens (including phenoxy) is 1. The first kappa shape index (κ1) is 18.5. The molecule has 0 saturated carbocycles. The molecule has 1 fully saturated rings. The molecule has 2 aromatic carbocycles. The quantitative estimate of drug-likeness (QED) is 0.722. The van der Waals surface area contributed by atoms with Gasteiger partial charge in [-0.1, -0.05) is 18.2 Å². The van der Waals surface area contributed by atoms with Crippen molar-refractivity contribution in [1.82, 2.24) is 9.80 Å². The van der Waals surface area contributed by atoms with Gasteiger partial charge in [-0.2, -0.15) is 0 Å². The van der Waals surface area contributed by atoms with Crippen LogP contribution in [0.3, 0.4) is 0 Å². The predicted molar refractivity (Wildman–Crippen MR) is 108 cm³/mol.